The molecule has 3 nitrogen and oxygen atoms in total. The molecule has 1 aromatic heterocycles. The van der Waals surface area contributed by atoms with Crippen LogP contribution in [0.2, 0.25) is 0 Å². The van der Waals surface area contributed by atoms with Crippen molar-refractivity contribution in [2.24, 2.45) is 0 Å². The number of hydrogen-bond donors (Lipinski definition) is 1. The van der Waals surface area contributed by atoms with E-state index in [1.807, 2.05) is 25.4 Å². The van der Waals surface area contributed by atoms with Crippen LogP contribution in [0.25, 0.3) is 4.91 Å². The number of piperazine rings is 1. The maximum absolute atomic E-state index is 4.57. The van der Waals surface area contributed by atoms with E-state index >= 15 is 0 Å². The number of nitrogens with zero attached hydrogens (tertiary/aromatic N) is 2. The third-order valence-corrected chi connectivity index (χ3v) is 6.80. The third-order valence-electron chi connectivity index (χ3n) is 4.26. The van der Waals surface area contributed by atoms with Gasteiger partial charge in [0.2, 0.25) is 0 Å². The molecule has 1 saturated heterocycles. The van der Waals surface area contributed by atoms with E-state index in [9.17, 15) is 0 Å². The van der Waals surface area contributed by atoms with Crippen molar-refractivity contribution in [3.63, 3.8) is 0 Å². The Balaban J connectivity index is 2.58. The van der Waals surface area contributed by atoms with Crippen molar-refractivity contribution in [1.82, 2.24) is 14.6 Å². The van der Waals surface area contributed by atoms with Crippen molar-refractivity contribution in [2.45, 2.75) is 39.7 Å². The zero-order chi connectivity index (χ0) is 17.0. The van der Waals surface area contributed by atoms with E-state index in [0.717, 1.165) is 24.5 Å². The maximum atomic E-state index is 4.57. The van der Waals surface area contributed by atoms with Crippen LogP contribution in [0.15, 0.2) is 30.3 Å². The summed E-state index contributed by atoms with van der Waals surface area (Å²) in [5.41, 5.74) is 5.90. The summed E-state index contributed by atoms with van der Waals surface area (Å²) < 4.78 is 2.46. The largest absolute Gasteiger partial charge is 0.314 e. The number of pyridine rings is 1. The predicted molar refractivity (Wildman–Crippen MR) is 106 cm³/mol. The molecule has 0 bridgehead atoms. The second-order valence-corrected chi connectivity index (χ2v) is 8.98. The molecule has 1 aliphatic rings. The van der Waals surface area contributed by atoms with Crippen molar-refractivity contribution in [2.75, 3.05) is 19.6 Å². The van der Waals surface area contributed by atoms with Gasteiger partial charge in [0.05, 0.1) is 4.91 Å². The molecule has 1 atom stereocenters. The number of aromatic nitrogens is 1. The molecule has 0 saturated carbocycles. The fourth-order valence-corrected chi connectivity index (χ4v) is 5.43. The first-order chi connectivity index (χ1) is 10.9. The van der Waals surface area contributed by atoms with E-state index < -0.39 is 9.39 Å². The first-order valence-electron chi connectivity index (χ1n) is 8.22. The van der Waals surface area contributed by atoms with E-state index in [1.54, 1.807) is 0 Å². The molecule has 1 aromatic rings. The third kappa shape index (κ3) is 3.78. The highest BCUT2D eigenvalue weighted by molar-refractivity contribution is 8.33. The van der Waals surface area contributed by atoms with Crippen molar-refractivity contribution in [3.8, 4) is 0 Å². The molecule has 0 spiro atoms. The smallest absolute Gasteiger partial charge is 0.0581 e. The SMILES string of the molecule is C=S(=C)(C(=C=CC)c1ccncc1C(C)C)N1CCNCC1C. The molecule has 1 fully saturated rings. The summed E-state index contributed by atoms with van der Waals surface area (Å²) in [6.07, 6.45) is 5.80. The maximum Gasteiger partial charge on any atom is 0.0581 e. The Bertz CT molecular complexity index is 710. The van der Waals surface area contributed by atoms with Gasteiger partial charge in [-0.05, 0) is 37.5 Å². The van der Waals surface area contributed by atoms with Crippen LogP contribution in [-0.4, -0.2) is 46.7 Å². The highest BCUT2D eigenvalue weighted by Gasteiger charge is 2.25. The average Bonchev–Trinajstić information content (AvgIpc) is 2.52. The van der Waals surface area contributed by atoms with Gasteiger partial charge in [-0.2, -0.15) is 0 Å². The molecule has 0 aromatic carbocycles. The molecular formula is C19H29N3S. The number of allylic oxidation sites excluding steroid dienone is 1. The van der Waals surface area contributed by atoms with Crippen LogP contribution >= 0.6 is 9.39 Å². The molecule has 126 valence electrons. The lowest BCUT2D eigenvalue weighted by molar-refractivity contribution is 0.309. The van der Waals surface area contributed by atoms with Gasteiger partial charge in [-0.3, -0.25) is 9.29 Å². The summed E-state index contributed by atoms with van der Waals surface area (Å²) in [6, 6.07) is 2.51. The van der Waals surface area contributed by atoms with Gasteiger partial charge in [-0.15, -0.1) is 15.1 Å². The zero-order valence-corrected chi connectivity index (χ0v) is 15.6. The van der Waals surface area contributed by atoms with Gasteiger partial charge in [0.25, 0.3) is 0 Å². The number of nitrogens with one attached hydrogen (secondary N) is 1. The van der Waals surface area contributed by atoms with Crippen molar-refractivity contribution < 1.29 is 0 Å². The second kappa shape index (κ2) is 7.50. The predicted octanol–water partition coefficient (Wildman–Crippen LogP) is 3.60. The van der Waals surface area contributed by atoms with Gasteiger partial charge >= 0.3 is 0 Å². The molecule has 0 radical (unpaired) electrons. The Kier molecular flexibility index (Phi) is 5.88. The first-order valence-corrected chi connectivity index (χ1v) is 10.1. The summed E-state index contributed by atoms with van der Waals surface area (Å²) in [6.45, 7) is 11.6. The first kappa shape index (κ1) is 18.0. The van der Waals surface area contributed by atoms with Crippen LogP contribution in [-0.2, 0) is 0 Å². The van der Waals surface area contributed by atoms with Gasteiger partial charge in [-0.25, -0.2) is 0 Å². The summed E-state index contributed by atoms with van der Waals surface area (Å²) in [5.74, 6) is 9.55. The molecule has 2 rings (SSSR count). The Morgan fingerprint density at radius 2 is 2.26 bits per heavy atom. The van der Waals surface area contributed by atoms with Crippen LogP contribution in [0, 0.1) is 0 Å². The van der Waals surface area contributed by atoms with Crippen LogP contribution in [0.1, 0.15) is 44.7 Å². The van der Waals surface area contributed by atoms with E-state index in [4.69, 9.17) is 0 Å². The fraction of sp³-hybridized carbons (Fsp3) is 0.474. The lowest BCUT2D eigenvalue weighted by Crippen LogP contribution is -2.47. The Morgan fingerprint density at radius 1 is 1.52 bits per heavy atom. The zero-order valence-electron chi connectivity index (χ0n) is 14.8. The minimum Gasteiger partial charge on any atom is -0.314 e. The van der Waals surface area contributed by atoms with E-state index in [2.05, 4.69) is 58.9 Å². The van der Waals surface area contributed by atoms with Gasteiger partial charge in [-0.1, -0.05) is 25.6 Å². The summed E-state index contributed by atoms with van der Waals surface area (Å²) in [5, 5.41) is 3.45. The Hall–Kier alpha value is -1.32. The number of rotatable bonds is 4. The fourth-order valence-electron chi connectivity index (χ4n) is 3.06. The second-order valence-electron chi connectivity index (χ2n) is 6.42. The molecule has 23 heavy (non-hydrogen) atoms. The van der Waals surface area contributed by atoms with Gasteiger partial charge in [0.1, 0.15) is 0 Å². The Morgan fingerprint density at radius 3 is 2.87 bits per heavy atom. The van der Waals surface area contributed by atoms with Crippen molar-refractivity contribution in [1.29, 1.82) is 0 Å². The van der Waals surface area contributed by atoms with E-state index in [1.165, 1.54) is 11.1 Å². The quantitative estimate of drug-likeness (QED) is 0.675. The lowest BCUT2D eigenvalue weighted by atomic mass is 9.99. The molecule has 0 aliphatic carbocycles. The highest BCUT2D eigenvalue weighted by Crippen LogP contribution is 2.44. The molecule has 1 N–H and O–H groups in total. The van der Waals surface area contributed by atoms with Crippen molar-refractivity contribution >= 4 is 26.0 Å². The highest BCUT2D eigenvalue weighted by atomic mass is 32.2. The summed E-state index contributed by atoms with van der Waals surface area (Å²) >= 11 is 0. The average molecular weight is 332 g/mol. The van der Waals surface area contributed by atoms with Crippen LogP contribution in [0.3, 0.4) is 0 Å². The molecule has 1 aliphatic heterocycles. The summed E-state index contributed by atoms with van der Waals surface area (Å²) in [7, 11) is -1.60. The monoisotopic (exact) mass is 331 g/mol. The topological polar surface area (TPSA) is 28.2 Å². The minimum absolute atomic E-state index is 0.406. The summed E-state index contributed by atoms with van der Waals surface area (Å²) in [4.78, 5) is 5.44. The molecule has 4 heteroatoms. The van der Waals surface area contributed by atoms with Gasteiger partial charge in [0.15, 0.2) is 0 Å². The van der Waals surface area contributed by atoms with Crippen LogP contribution in [0.4, 0.5) is 0 Å². The lowest BCUT2D eigenvalue weighted by Gasteiger charge is -2.40. The number of hydrogen-bond acceptors (Lipinski definition) is 3. The molecule has 1 unspecified atom stereocenters. The van der Waals surface area contributed by atoms with Crippen LogP contribution in [0.5, 0.6) is 0 Å². The Labute approximate surface area is 141 Å². The van der Waals surface area contributed by atoms with Gasteiger partial charge in [0, 0.05) is 43.6 Å². The van der Waals surface area contributed by atoms with E-state index in [-0.39, 0.29) is 0 Å². The molecule has 2 heterocycles. The van der Waals surface area contributed by atoms with Crippen LogP contribution < -0.4 is 5.32 Å². The normalized spacial score (nSPS) is 19.4. The molecular weight excluding hydrogens is 302 g/mol. The van der Waals surface area contributed by atoms with Crippen molar-refractivity contribution in [3.05, 3.63) is 41.4 Å². The minimum atomic E-state index is -1.60. The molecule has 0 amide bonds. The van der Waals surface area contributed by atoms with E-state index in [0.29, 0.717) is 12.0 Å². The van der Waals surface area contributed by atoms with Gasteiger partial charge < -0.3 is 5.32 Å². The standard InChI is InChI=1S/C19H29N3S/c1-7-8-19(17-9-10-20-14-18(17)15(2)3)23(5,6)22-12-11-21-13-16(22)4/h7,9-10,14-16,21H,5-6,11-13H2,1-4H3.